The molecule has 3 heterocycles. The van der Waals surface area contributed by atoms with Gasteiger partial charge in [0, 0.05) is 35.8 Å². The van der Waals surface area contributed by atoms with Crippen molar-refractivity contribution < 1.29 is 18.3 Å². The third kappa shape index (κ3) is 3.55. The van der Waals surface area contributed by atoms with Crippen LogP contribution in [0.15, 0.2) is 42.7 Å². The molecule has 6 nitrogen and oxygen atoms in total. The van der Waals surface area contributed by atoms with Gasteiger partial charge in [0.15, 0.2) is 0 Å². The van der Waals surface area contributed by atoms with Gasteiger partial charge in [0.25, 0.3) is 5.91 Å². The molecule has 1 aliphatic rings. The number of carbonyl (C=O) groups is 1. The van der Waals surface area contributed by atoms with Gasteiger partial charge >= 0.3 is 6.61 Å². The first kappa shape index (κ1) is 19.3. The number of ether oxygens (including phenoxy) is 1. The van der Waals surface area contributed by atoms with E-state index in [1.165, 1.54) is 17.0 Å². The number of benzene rings is 1. The zero-order valence-electron chi connectivity index (χ0n) is 15.6. The number of amides is 1. The molecule has 0 spiro atoms. The summed E-state index contributed by atoms with van der Waals surface area (Å²) in [6.07, 6.45) is 3.34. The minimum Gasteiger partial charge on any atom is -0.433 e. The minimum absolute atomic E-state index is 0.0459. The lowest BCUT2D eigenvalue weighted by atomic mass is 10.0. The first-order valence-electron chi connectivity index (χ1n) is 8.92. The van der Waals surface area contributed by atoms with Crippen LogP contribution in [0.3, 0.4) is 0 Å². The van der Waals surface area contributed by atoms with Crippen molar-refractivity contribution in [2.75, 3.05) is 11.4 Å². The van der Waals surface area contributed by atoms with Gasteiger partial charge in [-0.1, -0.05) is 11.6 Å². The van der Waals surface area contributed by atoms with Crippen molar-refractivity contribution in [3.05, 3.63) is 59.1 Å². The van der Waals surface area contributed by atoms with E-state index in [1.807, 2.05) is 26.0 Å². The quantitative estimate of drug-likeness (QED) is 0.614. The van der Waals surface area contributed by atoms with Crippen molar-refractivity contribution >= 4 is 23.2 Å². The first-order valence-corrected chi connectivity index (χ1v) is 9.29. The molecule has 29 heavy (non-hydrogen) atoms. The van der Waals surface area contributed by atoms with E-state index in [4.69, 9.17) is 11.6 Å². The maximum atomic E-state index is 13.3. The van der Waals surface area contributed by atoms with Crippen LogP contribution in [0.25, 0.3) is 11.1 Å². The Bertz CT molecular complexity index is 1090. The normalized spacial score (nSPS) is 16.3. The number of pyridine rings is 1. The smallest absolute Gasteiger partial charge is 0.387 e. The van der Waals surface area contributed by atoms with Crippen LogP contribution < -0.4 is 9.64 Å². The molecule has 1 atom stereocenters. The van der Waals surface area contributed by atoms with Crippen LogP contribution in [0, 0.1) is 6.92 Å². The fraction of sp³-hybridized carbons (Fsp3) is 0.250. The van der Waals surface area contributed by atoms with Gasteiger partial charge in [0.2, 0.25) is 0 Å². The van der Waals surface area contributed by atoms with Crippen LogP contribution in [0.2, 0.25) is 5.02 Å². The van der Waals surface area contributed by atoms with Crippen LogP contribution in [0.1, 0.15) is 29.1 Å². The topological polar surface area (TPSA) is 60.2 Å². The summed E-state index contributed by atoms with van der Waals surface area (Å²) in [6.45, 7) is 1.12. The number of aromatic nitrogens is 3. The number of rotatable bonds is 4. The molecule has 1 amide bonds. The average Bonchev–Trinajstić information content (AvgIpc) is 3.12. The van der Waals surface area contributed by atoms with Crippen LogP contribution in [-0.4, -0.2) is 33.8 Å². The summed E-state index contributed by atoms with van der Waals surface area (Å²) in [5, 5.41) is 4.44. The molecular formula is C20H17ClF2N4O2. The lowest BCUT2D eigenvalue weighted by Crippen LogP contribution is -2.42. The number of hydrogen-bond acceptors (Lipinski definition) is 4. The molecule has 0 N–H and O–H groups in total. The average molecular weight is 419 g/mol. The Morgan fingerprint density at radius 3 is 2.79 bits per heavy atom. The molecule has 0 saturated heterocycles. The van der Waals surface area contributed by atoms with Crippen molar-refractivity contribution in [2.24, 2.45) is 0 Å². The highest BCUT2D eigenvalue weighted by Gasteiger charge is 2.34. The standard InChI is InChI=1S/C20H17ClF2N4O2/c1-11-7-13(5-6-24-11)15-9-25-27-12(2)10-26(19(28)18(15)27)14-3-4-16(21)17(8-14)29-20(22)23/h3-9,12,20H,10H2,1-2H3/t12-/m0/s1. The second-order valence-corrected chi connectivity index (χ2v) is 7.20. The molecule has 1 aliphatic heterocycles. The molecule has 0 radical (unpaired) electrons. The van der Waals surface area contributed by atoms with E-state index in [2.05, 4.69) is 14.8 Å². The van der Waals surface area contributed by atoms with E-state index in [-0.39, 0.29) is 22.7 Å². The highest BCUT2D eigenvalue weighted by molar-refractivity contribution is 6.32. The Morgan fingerprint density at radius 1 is 1.28 bits per heavy atom. The molecule has 0 fully saturated rings. The van der Waals surface area contributed by atoms with Crippen molar-refractivity contribution in [2.45, 2.75) is 26.5 Å². The molecule has 4 rings (SSSR count). The summed E-state index contributed by atoms with van der Waals surface area (Å²) in [7, 11) is 0. The van der Waals surface area contributed by atoms with Gasteiger partial charge < -0.3 is 9.64 Å². The Balaban J connectivity index is 1.76. The number of nitrogens with zero attached hydrogens (tertiary/aromatic N) is 4. The Labute approximate surface area is 170 Å². The van der Waals surface area contributed by atoms with Gasteiger partial charge in [0.05, 0.1) is 17.3 Å². The maximum absolute atomic E-state index is 13.3. The third-order valence-electron chi connectivity index (χ3n) is 4.76. The lowest BCUT2D eigenvalue weighted by molar-refractivity contribution is -0.0497. The van der Waals surface area contributed by atoms with Crippen molar-refractivity contribution in [1.29, 1.82) is 0 Å². The summed E-state index contributed by atoms with van der Waals surface area (Å²) in [5.74, 6) is -0.459. The van der Waals surface area contributed by atoms with E-state index in [1.54, 1.807) is 23.1 Å². The SMILES string of the molecule is Cc1cc(-c2cnn3c2C(=O)N(c2ccc(Cl)c(OC(F)F)c2)C[C@@H]3C)ccn1. The van der Waals surface area contributed by atoms with Crippen molar-refractivity contribution in [3.63, 3.8) is 0 Å². The molecular weight excluding hydrogens is 402 g/mol. The van der Waals surface area contributed by atoms with Gasteiger partial charge in [-0.15, -0.1) is 0 Å². The molecule has 9 heteroatoms. The molecule has 1 aromatic carbocycles. The fourth-order valence-electron chi connectivity index (χ4n) is 3.46. The third-order valence-corrected chi connectivity index (χ3v) is 5.07. The summed E-state index contributed by atoms with van der Waals surface area (Å²) in [5.41, 5.74) is 3.20. The monoisotopic (exact) mass is 418 g/mol. The number of aryl methyl sites for hydroxylation is 1. The van der Waals surface area contributed by atoms with Gasteiger partial charge in [-0.05, 0) is 43.7 Å². The van der Waals surface area contributed by atoms with Crippen LogP contribution in [0.5, 0.6) is 5.75 Å². The first-order chi connectivity index (χ1) is 13.8. The maximum Gasteiger partial charge on any atom is 0.387 e. The highest BCUT2D eigenvalue weighted by Crippen LogP contribution is 2.36. The van der Waals surface area contributed by atoms with Gasteiger partial charge in [0.1, 0.15) is 11.4 Å². The molecule has 3 aromatic rings. The number of halogens is 3. The van der Waals surface area contributed by atoms with E-state index in [9.17, 15) is 13.6 Å². The van der Waals surface area contributed by atoms with Crippen molar-refractivity contribution in [3.8, 4) is 16.9 Å². The van der Waals surface area contributed by atoms with Gasteiger partial charge in [-0.25, -0.2) is 0 Å². The molecule has 0 aliphatic carbocycles. The van der Waals surface area contributed by atoms with E-state index >= 15 is 0 Å². The zero-order valence-corrected chi connectivity index (χ0v) is 16.4. The second kappa shape index (κ2) is 7.44. The van der Waals surface area contributed by atoms with Crippen molar-refractivity contribution in [1.82, 2.24) is 14.8 Å². The molecule has 150 valence electrons. The number of hydrogen-bond donors (Lipinski definition) is 0. The molecule has 0 bridgehead atoms. The lowest BCUT2D eigenvalue weighted by Gasteiger charge is -2.32. The zero-order chi connectivity index (χ0) is 20.7. The minimum atomic E-state index is -3.01. The fourth-order valence-corrected chi connectivity index (χ4v) is 3.62. The van der Waals surface area contributed by atoms with Gasteiger partial charge in [-0.3, -0.25) is 14.5 Å². The predicted molar refractivity (Wildman–Crippen MR) is 105 cm³/mol. The Kier molecular flexibility index (Phi) is 4.96. The second-order valence-electron chi connectivity index (χ2n) is 6.80. The largest absolute Gasteiger partial charge is 0.433 e. The molecule has 0 unspecified atom stereocenters. The van der Waals surface area contributed by atoms with Gasteiger partial charge in [-0.2, -0.15) is 13.9 Å². The Morgan fingerprint density at radius 2 is 2.07 bits per heavy atom. The summed E-state index contributed by atoms with van der Waals surface area (Å²) in [4.78, 5) is 19.1. The van der Waals surface area contributed by atoms with Crippen LogP contribution in [-0.2, 0) is 0 Å². The van der Waals surface area contributed by atoms with Crippen LogP contribution >= 0.6 is 11.6 Å². The molecule has 0 saturated carbocycles. The number of anilines is 1. The summed E-state index contributed by atoms with van der Waals surface area (Å²) < 4.78 is 31.5. The van der Waals surface area contributed by atoms with Crippen LogP contribution in [0.4, 0.5) is 14.5 Å². The number of carbonyl (C=O) groups excluding carboxylic acids is 1. The number of alkyl halides is 2. The number of fused-ring (bicyclic) bond motifs is 1. The van der Waals surface area contributed by atoms with E-state index in [0.717, 1.165) is 11.3 Å². The Hall–Kier alpha value is -3.00. The summed E-state index contributed by atoms with van der Waals surface area (Å²) >= 11 is 5.95. The summed E-state index contributed by atoms with van der Waals surface area (Å²) in [6, 6.07) is 7.97. The highest BCUT2D eigenvalue weighted by atomic mass is 35.5. The van der Waals surface area contributed by atoms with E-state index in [0.29, 0.717) is 23.5 Å². The molecule has 2 aromatic heterocycles. The van der Waals surface area contributed by atoms with E-state index < -0.39 is 6.61 Å². The predicted octanol–water partition coefficient (Wildman–Crippen LogP) is 4.73.